The van der Waals surface area contributed by atoms with E-state index < -0.39 is 12.1 Å². The minimum atomic E-state index is -0.649. The molecule has 0 saturated heterocycles. The fraction of sp³-hybridized carbons (Fsp3) is 0.222. The smallest absolute Gasteiger partial charge is 0.337 e. The van der Waals surface area contributed by atoms with Crippen LogP contribution in [0.2, 0.25) is 0 Å². The van der Waals surface area contributed by atoms with E-state index in [1.807, 2.05) is 30.3 Å². The summed E-state index contributed by atoms with van der Waals surface area (Å²) in [6, 6.07) is 15.8. The van der Waals surface area contributed by atoms with Gasteiger partial charge >= 0.3 is 5.97 Å². The maximum Gasteiger partial charge on any atom is 0.337 e. The molecular formula is C18H19NO4. The van der Waals surface area contributed by atoms with Crippen LogP contribution in [0.5, 0.6) is 5.75 Å². The minimum Gasteiger partial charge on any atom is -0.481 e. The third kappa shape index (κ3) is 4.10. The molecule has 120 valence electrons. The number of hydrogen-bond acceptors (Lipinski definition) is 4. The number of nitrogens with zero attached hydrogens (tertiary/aromatic N) is 1. The zero-order valence-electron chi connectivity index (χ0n) is 13.4. The average Bonchev–Trinajstić information content (AvgIpc) is 2.61. The maximum absolute atomic E-state index is 12.4. The van der Waals surface area contributed by atoms with Gasteiger partial charge in [0.15, 0.2) is 6.10 Å². The number of anilines is 1. The number of carbonyl (C=O) groups is 2. The molecule has 5 heteroatoms. The summed E-state index contributed by atoms with van der Waals surface area (Å²) in [7, 11) is 3.03. The number of rotatable bonds is 5. The molecule has 23 heavy (non-hydrogen) atoms. The lowest BCUT2D eigenvalue weighted by Gasteiger charge is -2.22. The highest BCUT2D eigenvalue weighted by Crippen LogP contribution is 2.17. The SMILES string of the molecule is COC(=O)c1ccc(O[C@@H](C)C(=O)N(C)c2ccccc2)cc1. The molecule has 0 unspecified atom stereocenters. The fourth-order valence-corrected chi connectivity index (χ4v) is 2.09. The Morgan fingerprint density at radius 3 is 2.17 bits per heavy atom. The molecule has 0 aromatic heterocycles. The molecule has 0 N–H and O–H groups in total. The Hall–Kier alpha value is -2.82. The molecule has 5 nitrogen and oxygen atoms in total. The molecule has 0 bridgehead atoms. The third-order valence-electron chi connectivity index (χ3n) is 3.41. The number of hydrogen-bond donors (Lipinski definition) is 0. The van der Waals surface area contributed by atoms with Gasteiger partial charge in [-0.05, 0) is 43.3 Å². The van der Waals surface area contributed by atoms with Crippen LogP contribution < -0.4 is 9.64 Å². The van der Waals surface area contributed by atoms with Crippen molar-refractivity contribution >= 4 is 17.6 Å². The number of amides is 1. The largest absolute Gasteiger partial charge is 0.481 e. The van der Waals surface area contributed by atoms with Gasteiger partial charge in [-0.25, -0.2) is 4.79 Å². The third-order valence-corrected chi connectivity index (χ3v) is 3.41. The number of carbonyl (C=O) groups excluding carboxylic acids is 2. The van der Waals surface area contributed by atoms with Crippen molar-refractivity contribution in [2.24, 2.45) is 0 Å². The predicted octanol–water partition coefficient (Wildman–Crippen LogP) is 2.90. The normalized spacial score (nSPS) is 11.4. The van der Waals surface area contributed by atoms with E-state index in [4.69, 9.17) is 4.74 Å². The molecule has 2 aromatic rings. The lowest BCUT2D eigenvalue weighted by molar-refractivity contribution is -0.124. The molecule has 0 spiro atoms. The lowest BCUT2D eigenvalue weighted by Crippen LogP contribution is -2.37. The van der Waals surface area contributed by atoms with Crippen molar-refractivity contribution in [3.63, 3.8) is 0 Å². The van der Waals surface area contributed by atoms with E-state index in [1.54, 1.807) is 43.1 Å². The molecule has 0 aliphatic carbocycles. The molecule has 2 aromatic carbocycles. The molecule has 0 fully saturated rings. The van der Waals surface area contributed by atoms with Gasteiger partial charge in [-0.3, -0.25) is 4.79 Å². The van der Waals surface area contributed by atoms with Crippen LogP contribution in [0.1, 0.15) is 17.3 Å². The van der Waals surface area contributed by atoms with Gasteiger partial charge in [0.2, 0.25) is 0 Å². The van der Waals surface area contributed by atoms with Crippen LogP contribution in [-0.2, 0) is 9.53 Å². The summed E-state index contributed by atoms with van der Waals surface area (Å²) in [4.78, 5) is 25.3. The van der Waals surface area contributed by atoms with Crippen molar-refractivity contribution in [3.8, 4) is 5.75 Å². The number of likely N-dealkylation sites (N-methyl/N-ethyl adjacent to an activating group) is 1. The number of benzene rings is 2. The second-order valence-electron chi connectivity index (χ2n) is 5.01. The zero-order chi connectivity index (χ0) is 16.8. The summed E-state index contributed by atoms with van der Waals surface area (Å²) in [5.74, 6) is -0.0577. The molecule has 0 aliphatic heterocycles. The van der Waals surface area contributed by atoms with Crippen molar-refractivity contribution in [2.75, 3.05) is 19.1 Å². The van der Waals surface area contributed by atoms with Gasteiger partial charge < -0.3 is 14.4 Å². The van der Waals surface area contributed by atoms with Gasteiger partial charge in [-0.2, -0.15) is 0 Å². The first-order valence-electron chi connectivity index (χ1n) is 7.20. The number of ether oxygens (including phenoxy) is 2. The van der Waals surface area contributed by atoms with Gasteiger partial charge in [0.25, 0.3) is 5.91 Å². The average molecular weight is 313 g/mol. The van der Waals surface area contributed by atoms with E-state index >= 15 is 0 Å². The van der Waals surface area contributed by atoms with E-state index in [0.717, 1.165) is 5.69 Å². The molecule has 0 heterocycles. The van der Waals surface area contributed by atoms with Crippen LogP contribution in [0.4, 0.5) is 5.69 Å². The number of para-hydroxylation sites is 1. The van der Waals surface area contributed by atoms with Crippen LogP contribution in [-0.4, -0.2) is 32.1 Å². The van der Waals surface area contributed by atoms with E-state index in [1.165, 1.54) is 7.11 Å². The van der Waals surface area contributed by atoms with Gasteiger partial charge in [0.05, 0.1) is 12.7 Å². The van der Waals surface area contributed by atoms with Crippen molar-refractivity contribution in [1.29, 1.82) is 0 Å². The van der Waals surface area contributed by atoms with Crippen molar-refractivity contribution in [3.05, 3.63) is 60.2 Å². The first kappa shape index (κ1) is 16.5. The molecule has 2 rings (SSSR count). The topological polar surface area (TPSA) is 55.8 Å². The Bertz CT molecular complexity index is 667. The van der Waals surface area contributed by atoms with E-state index in [0.29, 0.717) is 11.3 Å². The standard InChI is InChI=1S/C18H19NO4/c1-13(17(20)19(2)15-7-5-4-6-8-15)23-16-11-9-14(10-12-16)18(21)22-3/h4-13H,1-3H3/t13-/m0/s1. The van der Waals surface area contributed by atoms with Gasteiger partial charge in [0, 0.05) is 12.7 Å². The molecule has 1 atom stereocenters. The van der Waals surface area contributed by atoms with E-state index in [9.17, 15) is 9.59 Å². The summed E-state index contributed by atoms with van der Waals surface area (Å²) < 4.78 is 10.3. The second kappa shape index (κ2) is 7.45. The summed E-state index contributed by atoms with van der Waals surface area (Å²) in [5, 5.41) is 0. The Kier molecular flexibility index (Phi) is 5.36. The number of methoxy groups -OCH3 is 1. The van der Waals surface area contributed by atoms with Crippen LogP contribution in [0.25, 0.3) is 0 Å². The second-order valence-corrected chi connectivity index (χ2v) is 5.01. The summed E-state index contributed by atoms with van der Waals surface area (Å²) >= 11 is 0. The van der Waals surface area contributed by atoms with Crippen LogP contribution >= 0.6 is 0 Å². The Morgan fingerprint density at radius 2 is 1.61 bits per heavy atom. The van der Waals surface area contributed by atoms with Gasteiger partial charge in [-0.1, -0.05) is 18.2 Å². The molecule has 0 aliphatic rings. The predicted molar refractivity (Wildman–Crippen MR) is 87.7 cm³/mol. The highest BCUT2D eigenvalue weighted by atomic mass is 16.5. The molecule has 1 amide bonds. The summed E-state index contributed by atoms with van der Waals surface area (Å²) in [5.41, 5.74) is 1.23. The van der Waals surface area contributed by atoms with Crippen molar-refractivity contribution < 1.29 is 19.1 Å². The molecular weight excluding hydrogens is 294 g/mol. The van der Waals surface area contributed by atoms with Crippen LogP contribution in [0, 0.1) is 0 Å². The Balaban J connectivity index is 2.02. The first-order chi connectivity index (χ1) is 11.0. The van der Waals surface area contributed by atoms with Crippen LogP contribution in [0.3, 0.4) is 0 Å². The lowest BCUT2D eigenvalue weighted by atomic mass is 10.2. The highest BCUT2D eigenvalue weighted by molar-refractivity contribution is 5.96. The summed E-state index contributed by atoms with van der Waals surface area (Å²) in [6.45, 7) is 1.69. The Morgan fingerprint density at radius 1 is 1.00 bits per heavy atom. The van der Waals surface area contributed by atoms with Gasteiger partial charge in [-0.15, -0.1) is 0 Å². The number of esters is 1. The minimum absolute atomic E-state index is 0.159. The first-order valence-corrected chi connectivity index (χ1v) is 7.20. The van der Waals surface area contributed by atoms with Crippen molar-refractivity contribution in [1.82, 2.24) is 0 Å². The van der Waals surface area contributed by atoms with E-state index in [-0.39, 0.29) is 5.91 Å². The van der Waals surface area contributed by atoms with Gasteiger partial charge in [0.1, 0.15) is 5.75 Å². The molecule has 0 saturated carbocycles. The Labute approximate surface area is 135 Å². The highest BCUT2D eigenvalue weighted by Gasteiger charge is 2.20. The monoisotopic (exact) mass is 313 g/mol. The van der Waals surface area contributed by atoms with E-state index in [2.05, 4.69) is 4.74 Å². The zero-order valence-corrected chi connectivity index (χ0v) is 13.4. The quantitative estimate of drug-likeness (QED) is 0.797. The van der Waals surface area contributed by atoms with Crippen LogP contribution in [0.15, 0.2) is 54.6 Å². The van der Waals surface area contributed by atoms with Crippen molar-refractivity contribution in [2.45, 2.75) is 13.0 Å². The fourth-order valence-electron chi connectivity index (χ4n) is 2.09. The summed E-state index contributed by atoms with van der Waals surface area (Å²) in [6.07, 6.45) is -0.649. The molecule has 0 radical (unpaired) electrons. The maximum atomic E-state index is 12.4.